The molecule has 6 nitrogen and oxygen atoms in total. The van der Waals surface area contributed by atoms with Crippen molar-refractivity contribution in [3.05, 3.63) is 116 Å². The average Bonchev–Trinajstić information content (AvgIpc) is 3.38. The van der Waals surface area contributed by atoms with Crippen LogP contribution in [0.5, 0.6) is 0 Å². The van der Waals surface area contributed by atoms with Gasteiger partial charge in [-0.3, -0.25) is 23.7 Å². The lowest BCUT2D eigenvalue weighted by atomic mass is 9.49. The molecule has 6 heteroatoms. The molecule has 0 spiro atoms. The van der Waals surface area contributed by atoms with Crippen molar-refractivity contribution in [2.45, 2.75) is 118 Å². The Balaban J connectivity index is 1.41. The Morgan fingerprint density at radius 3 is 1.54 bits per heavy atom. The molecule has 0 radical (unpaired) electrons. The van der Waals surface area contributed by atoms with Gasteiger partial charge in [0.2, 0.25) is 0 Å². The van der Waals surface area contributed by atoms with Crippen molar-refractivity contribution < 1.29 is 0 Å². The Bertz CT molecular complexity index is 2390. The number of aryl methyl sites for hydroxylation is 2. The molecule has 3 aromatic carbocycles. The smallest absolute Gasteiger partial charge is 0.266 e. The topological polar surface area (TPSA) is 78.1 Å². The maximum atomic E-state index is 14.3. The van der Waals surface area contributed by atoms with E-state index in [-0.39, 0.29) is 32.9 Å². The second kappa shape index (κ2) is 9.77. The van der Waals surface area contributed by atoms with E-state index in [1.54, 1.807) is 20.8 Å². The lowest BCUT2D eigenvalue weighted by molar-refractivity contribution is 0.162. The Morgan fingerprint density at radius 2 is 1.04 bits per heavy atom. The zero-order chi connectivity index (χ0) is 34.5. The molecule has 4 aliphatic carbocycles. The molecule has 9 rings (SSSR count). The molecule has 0 amide bonds. The Kier molecular flexibility index (Phi) is 6.35. The summed E-state index contributed by atoms with van der Waals surface area (Å²) in [5.74, 6) is 1.64. The van der Waals surface area contributed by atoms with Gasteiger partial charge in [-0.1, -0.05) is 45.7 Å². The number of aromatic nitrogens is 2. The molecule has 4 aliphatic rings. The number of hydrogen-bond acceptors (Lipinski definition) is 4. The highest BCUT2D eigenvalue weighted by Crippen LogP contribution is 2.64. The predicted molar refractivity (Wildman–Crippen MR) is 194 cm³/mol. The van der Waals surface area contributed by atoms with E-state index in [1.165, 1.54) is 85.9 Å². The molecule has 4 atom stereocenters. The van der Waals surface area contributed by atoms with Gasteiger partial charge in [-0.25, -0.2) is 4.57 Å². The predicted octanol–water partition coefficient (Wildman–Crippen LogP) is 7.58. The van der Waals surface area contributed by atoms with E-state index in [1.807, 2.05) is 6.92 Å². The monoisotopic (exact) mass is 642 g/mol. The summed E-state index contributed by atoms with van der Waals surface area (Å²) < 4.78 is 2.54. The highest BCUT2D eigenvalue weighted by molar-refractivity contribution is 5.98. The van der Waals surface area contributed by atoms with Gasteiger partial charge in [0.1, 0.15) is 0 Å². The Morgan fingerprint density at radius 1 is 0.583 bits per heavy atom. The molecule has 2 bridgehead atoms. The van der Waals surface area contributed by atoms with Gasteiger partial charge in [-0.05, 0) is 141 Å². The van der Waals surface area contributed by atoms with Crippen molar-refractivity contribution >= 4 is 21.5 Å². The van der Waals surface area contributed by atoms with Gasteiger partial charge in [0.15, 0.2) is 0 Å². The first-order chi connectivity index (χ1) is 22.4. The fraction of sp³-hybridized carbons (Fsp3) is 0.476. The van der Waals surface area contributed by atoms with Crippen LogP contribution in [0.4, 0.5) is 0 Å². The summed E-state index contributed by atoms with van der Waals surface area (Å²) in [6, 6.07) is 7.71. The second-order valence-corrected chi connectivity index (χ2v) is 17.2. The van der Waals surface area contributed by atoms with Crippen LogP contribution in [0.1, 0.15) is 129 Å². The van der Waals surface area contributed by atoms with Crippen LogP contribution < -0.4 is 22.2 Å². The Hall–Kier alpha value is -4.06. The van der Waals surface area contributed by atoms with Gasteiger partial charge in [0.25, 0.3) is 22.2 Å². The molecule has 1 fully saturated rings. The maximum Gasteiger partial charge on any atom is 0.266 e. The molecule has 1 saturated carbocycles. The fourth-order valence-corrected chi connectivity index (χ4v) is 10.9. The standard InChI is InChI=1S/C42H46N2O4/c1-19-15-29-31(21(3)35(19)41(5,6)7)34-24-14-12-11-13-23(24)33(29)30-16-20(2)36(22(4)32(30)34)43-37(45)25-17-27-28(18-26(25)38(43)46)40(48)44(39(27)47)42(8,9)10/h15-18,23-24,33-34H,11-14H2,1-10H3. The molecule has 0 aliphatic heterocycles. The normalized spacial score (nSPS) is 22.0. The molecule has 2 heterocycles. The van der Waals surface area contributed by atoms with Gasteiger partial charge in [0, 0.05) is 17.4 Å². The highest BCUT2D eigenvalue weighted by atomic mass is 16.2. The van der Waals surface area contributed by atoms with Crippen molar-refractivity contribution in [2.24, 2.45) is 11.8 Å². The molecule has 5 aromatic rings. The lowest BCUT2D eigenvalue weighted by Gasteiger charge is -2.54. The van der Waals surface area contributed by atoms with Crippen LogP contribution >= 0.6 is 0 Å². The highest BCUT2D eigenvalue weighted by Gasteiger charge is 2.52. The molecule has 4 unspecified atom stereocenters. The fourth-order valence-electron chi connectivity index (χ4n) is 10.9. The molecule has 248 valence electrons. The quantitative estimate of drug-likeness (QED) is 0.189. The number of rotatable bonds is 1. The van der Waals surface area contributed by atoms with Gasteiger partial charge >= 0.3 is 0 Å². The minimum atomic E-state index is -0.727. The first-order valence-corrected chi connectivity index (χ1v) is 17.7. The SMILES string of the molecule is Cc1cc2c(c(C)c1-n1c(=O)c3cc4c(=O)n(C(C)(C)C)c(=O)c4cc3c1=O)C1c3c(cc(C)c(C(C)(C)C)c3C)C2C2CCCCC12. The molecule has 0 N–H and O–H groups in total. The minimum absolute atomic E-state index is 0.00922. The van der Waals surface area contributed by atoms with Crippen molar-refractivity contribution in [1.82, 2.24) is 9.13 Å². The first-order valence-electron chi connectivity index (χ1n) is 17.7. The largest absolute Gasteiger partial charge is 0.269 e. The minimum Gasteiger partial charge on any atom is -0.269 e. The molecule has 0 saturated heterocycles. The van der Waals surface area contributed by atoms with E-state index < -0.39 is 27.8 Å². The summed E-state index contributed by atoms with van der Waals surface area (Å²) in [7, 11) is 0. The number of fused-ring (bicyclic) bond motifs is 2. The lowest BCUT2D eigenvalue weighted by Crippen LogP contribution is -2.43. The molecule has 2 aromatic heterocycles. The van der Waals surface area contributed by atoms with E-state index in [0.717, 1.165) is 11.1 Å². The second-order valence-electron chi connectivity index (χ2n) is 17.2. The summed E-state index contributed by atoms with van der Waals surface area (Å²) in [6.07, 6.45) is 4.92. The zero-order valence-corrected chi connectivity index (χ0v) is 30.0. The van der Waals surface area contributed by atoms with Crippen LogP contribution in [0.25, 0.3) is 27.2 Å². The number of benzene rings is 3. The van der Waals surface area contributed by atoms with Gasteiger partial charge in [-0.2, -0.15) is 0 Å². The van der Waals surface area contributed by atoms with E-state index in [0.29, 0.717) is 23.4 Å². The number of hydrogen-bond donors (Lipinski definition) is 0. The van der Waals surface area contributed by atoms with Crippen LogP contribution in [-0.2, 0) is 11.0 Å². The summed E-state index contributed by atoms with van der Waals surface area (Å²) in [5.41, 5.74) is 9.93. The van der Waals surface area contributed by atoms with E-state index in [4.69, 9.17) is 0 Å². The van der Waals surface area contributed by atoms with Crippen molar-refractivity contribution in [3.63, 3.8) is 0 Å². The third kappa shape index (κ3) is 3.86. The van der Waals surface area contributed by atoms with E-state index in [2.05, 4.69) is 53.7 Å². The van der Waals surface area contributed by atoms with Crippen molar-refractivity contribution in [3.8, 4) is 5.69 Å². The third-order valence-electron chi connectivity index (χ3n) is 12.2. The van der Waals surface area contributed by atoms with Crippen LogP contribution in [0.2, 0.25) is 0 Å². The summed E-state index contributed by atoms with van der Waals surface area (Å²) >= 11 is 0. The van der Waals surface area contributed by atoms with E-state index in [9.17, 15) is 19.2 Å². The van der Waals surface area contributed by atoms with Crippen LogP contribution in [-0.4, -0.2) is 9.13 Å². The van der Waals surface area contributed by atoms with Crippen molar-refractivity contribution in [1.29, 1.82) is 0 Å². The first kappa shape index (κ1) is 31.2. The van der Waals surface area contributed by atoms with Gasteiger partial charge < -0.3 is 0 Å². The van der Waals surface area contributed by atoms with Crippen LogP contribution in [0.15, 0.2) is 43.4 Å². The zero-order valence-electron chi connectivity index (χ0n) is 30.0. The van der Waals surface area contributed by atoms with E-state index >= 15 is 0 Å². The van der Waals surface area contributed by atoms with Crippen LogP contribution in [0, 0.1) is 39.5 Å². The van der Waals surface area contributed by atoms with Gasteiger partial charge in [-0.15, -0.1) is 0 Å². The summed E-state index contributed by atoms with van der Waals surface area (Å²) in [5, 5.41) is 0.751. The van der Waals surface area contributed by atoms with Crippen molar-refractivity contribution in [2.75, 3.05) is 0 Å². The average molecular weight is 643 g/mol. The summed E-state index contributed by atoms with van der Waals surface area (Å²) in [6.45, 7) is 21.0. The Labute approximate surface area is 281 Å². The maximum absolute atomic E-state index is 14.3. The molecular formula is C42H46N2O4. The molecular weight excluding hydrogens is 596 g/mol. The van der Waals surface area contributed by atoms with Gasteiger partial charge in [0.05, 0.1) is 27.2 Å². The summed E-state index contributed by atoms with van der Waals surface area (Å²) in [4.78, 5) is 55.3. The molecule has 48 heavy (non-hydrogen) atoms. The third-order valence-corrected chi connectivity index (χ3v) is 12.2. The van der Waals surface area contributed by atoms with Crippen LogP contribution in [0.3, 0.4) is 0 Å². The number of nitrogens with zero attached hydrogens (tertiary/aromatic N) is 2.